The number of hydrogen-bond acceptors (Lipinski definition) is 3. The summed E-state index contributed by atoms with van der Waals surface area (Å²) in [6.45, 7) is 0. The van der Waals surface area contributed by atoms with Gasteiger partial charge in [0.25, 0.3) is 0 Å². The molecule has 3 aliphatic rings. The first-order valence-electron chi connectivity index (χ1n) is 9.76. The van der Waals surface area contributed by atoms with Crippen LogP contribution in [0.5, 0.6) is 0 Å². The topological polar surface area (TPSA) is 51.4 Å². The van der Waals surface area contributed by atoms with Crippen molar-refractivity contribution in [3.63, 3.8) is 0 Å². The van der Waals surface area contributed by atoms with Gasteiger partial charge in [-0.1, -0.05) is 36.5 Å². The molecular formula is C22H30N4. The maximum Gasteiger partial charge on any atom is 0.106 e. The first kappa shape index (κ1) is 18.7. The van der Waals surface area contributed by atoms with Crippen molar-refractivity contribution in [1.29, 1.82) is 5.26 Å². The average molecular weight is 351 g/mol. The second-order valence-electron chi connectivity index (χ2n) is 7.51. The number of rotatable bonds is 6. The molecule has 26 heavy (non-hydrogen) atoms. The van der Waals surface area contributed by atoms with Crippen LogP contribution in [-0.2, 0) is 0 Å². The van der Waals surface area contributed by atoms with Crippen molar-refractivity contribution in [2.45, 2.75) is 51.0 Å². The van der Waals surface area contributed by atoms with Gasteiger partial charge in [0.2, 0.25) is 0 Å². The standard InChI is InChI=1S/C22H30N4/c1-24-17-25-26(2)21-14-13-20(15-21)22(16-23,18-9-5-3-6-10-18)19-11-7-4-8-12-19/h3,5,7,9,11-12,17,20-21H,4,6,8,10,13-15H2,1-2H3,(H,24,25)/t20?,21-,22-/m0/s1. The summed E-state index contributed by atoms with van der Waals surface area (Å²) in [6, 6.07) is 3.24. The fraction of sp³-hybridized carbons (Fsp3) is 0.545. The van der Waals surface area contributed by atoms with E-state index in [1.54, 1.807) is 13.4 Å². The highest BCUT2D eigenvalue weighted by molar-refractivity contribution is 5.53. The van der Waals surface area contributed by atoms with Gasteiger partial charge in [-0.2, -0.15) is 5.26 Å². The molecule has 4 nitrogen and oxygen atoms in total. The van der Waals surface area contributed by atoms with E-state index in [2.05, 4.69) is 65.0 Å². The van der Waals surface area contributed by atoms with Gasteiger partial charge < -0.3 is 5.43 Å². The third kappa shape index (κ3) is 3.54. The van der Waals surface area contributed by atoms with Gasteiger partial charge in [0.15, 0.2) is 0 Å². The number of hydrogen-bond donors (Lipinski definition) is 1. The molecule has 0 amide bonds. The number of hydrazine groups is 1. The lowest BCUT2D eigenvalue weighted by Gasteiger charge is -2.38. The normalized spacial score (nSPS) is 27.9. The first-order chi connectivity index (χ1) is 12.7. The van der Waals surface area contributed by atoms with Crippen LogP contribution in [0, 0.1) is 22.7 Å². The van der Waals surface area contributed by atoms with Crippen LogP contribution in [0.25, 0.3) is 0 Å². The zero-order valence-electron chi connectivity index (χ0n) is 16.0. The molecule has 1 N–H and O–H groups in total. The van der Waals surface area contributed by atoms with Crippen molar-refractivity contribution in [1.82, 2.24) is 10.4 Å². The maximum atomic E-state index is 10.5. The molecule has 0 spiro atoms. The smallest absolute Gasteiger partial charge is 0.106 e. The third-order valence-electron chi connectivity index (χ3n) is 6.10. The predicted octanol–water partition coefficient (Wildman–Crippen LogP) is 4.31. The van der Waals surface area contributed by atoms with Crippen molar-refractivity contribution in [3.05, 3.63) is 47.6 Å². The van der Waals surface area contributed by atoms with E-state index >= 15 is 0 Å². The minimum atomic E-state index is -0.476. The van der Waals surface area contributed by atoms with Crippen molar-refractivity contribution in [2.24, 2.45) is 16.3 Å². The van der Waals surface area contributed by atoms with Gasteiger partial charge in [-0.25, -0.2) is 5.01 Å². The summed E-state index contributed by atoms with van der Waals surface area (Å²) in [5.41, 5.74) is 5.28. The van der Waals surface area contributed by atoms with Crippen LogP contribution in [0.2, 0.25) is 0 Å². The molecule has 3 atom stereocenters. The van der Waals surface area contributed by atoms with E-state index in [9.17, 15) is 5.26 Å². The van der Waals surface area contributed by atoms with Gasteiger partial charge in [-0.05, 0) is 62.0 Å². The Morgan fingerprint density at radius 1 is 1.31 bits per heavy atom. The molecule has 0 saturated heterocycles. The van der Waals surface area contributed by atoms with Crippen molar-refractivity contribution < 1.29 is 0 Å². The molecule has 3 rings (SSSR count). The Hall–Kier alpha value is -2.12. The molecule has 0 aromatic carbocycles. The second-order valence-corrected chi connectivity index (χ2v) is 7.51. The predicted molar refractivity (Wildman–Crippen MR) is 107 cm³/mol. The molecule has 0 aromatic rings. The number of aliphatic imine (C=N–C) groups is 1. The zero-order chi connectivity index (χ0) is 18.4. The highest BCUT2D eigenvalue weighted by Gasteiger charge is 2.48. The molecule has 138 valence electrons. The Morgan fingerprint density at radius 3 is 2.85 bits per heavy atom. The summed E-state index contributed by atoms with van der Waals surface area (Å²) in [4.78, 5) is 4.01. The highest BCUT2D eigenvalue weighted by atomic mass is 15.5. The Kier molecular flexibility index (Phi) is 6.11. The number of nitriles is 1. The van der Waals surface area contributed by atoms with Gasteiger partial charge in [-0.3, -0.25) is 4.99 Å². The van der Waals surface area contributed by atoms with Crippen LogP contribution in [0.15, 0.2) is 52.6 Å². The van der Waals surface area contributed by atoms with Gasteiger partial charge in [0, 0.05) is 20.1 Å². The Bertz CT molecular complexity index is 691. The third-order valence-corrected chi connectivity index (χ3v) is 6.10. The lowest BCUT2D eigenvalue weighted by atomic mass is 9.62. The fourth-order valence-corrected chi connectivity index (χ4v) is 4.70. The van der Waals surface area contributed by atoms with Gasteiger partial charge in [0.05, 0.1) is 12.4 Å². The number of allylic oxidation sites excluding steroid dienone is 8. The molecule has 1 fully saturated rings. The van der Waals surface area contributed by atoms with Crippen LogP contribution in [0.4, 0.5) is 0 Å². The van der Waals surface area contributed by atoms with Gasteiger partial charge >= 0.3 is 0 Å². The van der Waals surface area contributed by atoms with Crippen molar-refractivity contribution in [2.75, 3.05) is 14.1 Å². The minimum Gasteiger partial charge on any atom is -0.310 e. The molecular weight excluding hydrogens is 320 g/mol. The summed E-state index contributed by atoms with van der Waals surface area (Å²) in [7, 11) is 3.84. The quantitative estimate of drug-likeness (QED) is 0.441. The molecule has 4 heteroatoms. The summed E-state index contributed by atoms with van der Waals surface area (Å²) < 4.78 is 0. The monoisotopic (exact) mass is 350 g/mol. The lowest BCUT2D eigenvalue weighted by molar-refractivity contribution is 0.199. The van der Waals surface area contributed by atoms with Crippen LogP contribution in [-0.4, -0.2) is 31.5 Å². The summed E-state index contributed by atoms with van der Waals surface area (Å²) >= 11 is 0. The molecule has 1 saturated carbocycles. The lowest BCUT2D eigenvalue weighted by Crippen LogP contribution is -2.41. The molecule has 0 bridgehead atoms. The Morgan fingerprint density at radius 2 is 2.19 bits per heavy atom. The fourth-order valence-electron chi connectivity index (χ4n) is 4.70. The SMILES string of the molecule is CN=CNN(C)[C@H]1CCC([C@](C#N)(C2=CCCC=C2)C2=CC=CCC2)C1. The van der Waals surface area contributed by atoms with Crippen molar-refractivity contribution in [3.8, 4) is 6.07 Å². The molecule has 0 radical (unpaired) electrons. The number of nitrogens with one attached hydrogen (secondary N) is 1. The molecule has 3 aliphatic carbocycles. The number of nitrogens with zero attached hydrogens (tertiary/aromatic N) is 3. The van der Waals surface area contributed by atoms with E-state index in [4.69, 9.17) is 0 Å². The zero-order valence-corrected chi connectivity index (χ0v) is 16.0. The van der Waals surface area contributed by atoms with E-state index in [0.29, 0.717) is 12.0 Å². The maximum absolute atomic E-state index is 10.5. The van der Waals surface area contributed by atoms with E-state index < -0.39 is 5.41 Å². The highest BCUT2D eigenvalue weighted by Crippen LogP contribution is 2.52. The van der Waals surface area contributed by atoms with Crippen LogP contribution >= 0.6 is 0 Å². The summed E-state index contributed by atoms with van der Waals surface area (Å²) in [5, 5.41) is 12.6. The van der Waals surface area contributed by atoms with Crippen molar-refractivity contribution >= 4 is 6.34 Å². The van der Waals surface area contributed by atoms with Crippen LogP contribution < -0.4 is 5.43 Å². The molecule has 0 aliphatic heterocycles. The molecule has 1 unspecified atom stereocenters. The molecule has 0 heterocycles. The average Bonchev–Trinajstić information content (AvgIpc) is 3.19. The Balaban J connectivity index is 1.91. The summed E-state index contributed by atoms with van der Waals surface area (Å²) in [5.74, 6) is 0.354. The van der Waals surface area contributed by atoms with E-state index in [1.165, 1.54) is 11.1 Å². The van der Waals surface area contributed by atoms with Crippen LogP contribution in [0.3, 0.4) is 0 Å². The van der Waals surface area contributed by atoms with E-state index in [-0.39, 0.29) is 0 Å². The van der Waals surface area contributed by atoms with E-state index in [1.807, 2.05) is 0 Å². The largest absolute Gasteiger partial charge is 0.310 e. The van der Waals surface area contributed by atoms with E-state index in [0.717, 1.165) is 44.9 Å². The van der Waals surface area contributed by atoms with Gasteiger partial charge in [0.1, 0.15) is 5.41 Å². The first-order valence-corrected chi connectivity index (χ1v) is 9.76. The Labute approximate surface area is 157 Å². The van der Waals surface area contributed by atoms with Gasteiger partial charge in [-0.15, -0.1) is 0 Å². The molecule has 0 aromatic heterocycles. The minimum absolute atomic E-state index is 0.354. The van der Waals surface area contributed by atoms with Crippen LogP contribution in [0.1, 0.15) is 44.9 Å². The summed E-state index contributed by atoms with van der Waals surface area (Å²) in [6.07, 6.45) is 22.4. The second kappa shape index (κ2) is 8.51.